The monoisotopic (exact) mass is 251 g/mol. The Morgan fingerprint density at radius 1 is 1.47 bits per heavy atom. The third-order valence-electron chi connectivity index (χ3n) is 1.98. The number of aromatic nitrogens is 4. The molecule has 0 atom stereocenters. The highest BCUT2D eigenvalue weighted by molar-refractivity contribution is 7.17. The highest BCUT2D eigenvalue weighted by Gasteiger charge is 2.15. The molecule has 2 rings (SSSR count). The molecule has 0 saturated carbocycles. The van der Waals surface area contributed by atoms with Crippen molar-refractivity contribution in [2.75, 3.05) is 5.32 Å². The van der Waals surface area contributed by atoms with Gasteiger partial charge in [-0.25, -0.2) is 4.98 Å². The Balaban J connectivity index is 2.17. The van der Waals surface area contributed by atoms with E-state index in [1.54, 1.807) is 6.92 Å². The molecule has 0 saturated heterocycles. The SMILES string of the molecule is CC(=O)c1sc(NC(=O)c2cn[nH]n2)nc1C. The number of thiazole rings is 1. The van der Waals surface area contributed by atoms with Crippen molar-refractivity contribution in [1.82, 2.24) is 20.4 Å². The van der Waals surface area contributed by atoms with Gasteiger partial charge in [0.1, 0.15) is 0 Å². The van der Waals surface area contributed by atoms with E-state index in [0.717, 1.165) is 11.3 Å². The maximum absolute atomic E-state index is 11.6. The average Bonchev–Trinajstić information content (AvgIpc) is 2.86. The van der Waals surface area contributed by atoms with E-state index in [-0.39, 0.29) is 11.5 Å². The van der Waals surface area contributed by atoms with Crippen molar-refractivity contribution in [3.63, 3.8) is 0 Å². The van der Waals surface area contributed by atoms with Gasteiger partial charge in [-0.15, -0.1) is 0 Å². The van der Waals surface area contributed by atoms with Crippen molar-refractivity contribution in [2.24, 2.45) is 0 Å². The van der Waals surface area contributed by atoms with E-state index in [1.807, 2.05) is 0 Å². The van der Waals surface area contributed by atoms with Crippen molar-refractivity contribution in [1.29, 1.82) is 0 Å². The van der Waals surface area contributed by atoms with Gasteiger partial charge < -0.3 is 0 Å². The number of nitrogens with zero attached hydrogens (tertiary/aromatic N) is 3. The van der Waals surface area contributed by atoms with Crippen LogP contribution in [0.25, 0.3) is 0 Å². The number of ketones is 1. The lowest BCUT2D eigenvalue weighted by molar-refractivity contribution is 0.101. The molecule has 88 valence electrons. The van der Waals surface area contributed by atoms with E-state index < -0.39 is 5.91 Å². The van der Waals surface area contributed by atoms with Crippen LogP contribution in [0.15, 0.2) is 6.20 Å². The lowest BCUT2D eigenvalue weighted by atomic mass is 10.3. The summed E-state index contributed by atoms with van der Waals surface area (Å²) in [6.07, 6.45) is 1.31. The first kappa shape index (κ1) is 11.4. The van der Waals surface area contributed by atoms with Crippen LogP contribution in [0.1, 0.15) is 32.8 Å². The first-order valence-electron chi connectivity index (χ1n) is 4.73. The molecule has 0 aliphatic heterocycles. The standard InChI is InChI=1S/C9H9N5O2S/c1-4-7(5(2)15)17-9(11-4)12-8(16)6-3-10-14-13-6/h3H,1-2H3,(H,10,13,14)(H,11,12,16). The Morgan fingerprint density at radius 3 is 2.76 bits per heavy atom. The number of carbonyl (C=O) groups excluding carboxylic acids is 2. The number of aryl methyl sites for hydroxylation is 1. The molecule has 0 fully saturated rings. The number of amides is 1. The van der Waals surface area contributed by atoms with Gasteiger partial charge in [0.05, 0.1) is 16.8 Å². The molecule has 0 aliphatic rings. The van der Waals surface area contributed by atoms with Crippen molar-refractivity contribution in [3.8, 4) is 0 Å². The van der Waals surface area contributed by atoms with Crippen LogP contribution >= 0.6 is 11.3 Å². The number of rotatable bonds is 3. The van der Waals surface area contributed by atoms with E-state index in [4.69, 9.17) is 0 Å². The molecule has 2 aromatic rings. The fourth-order valence-corrected chi connectivity index (χ4v) is 2.11. The largest absolute Gasteiger partial charge is 0.296 e. The van der Waals surface area contributed by atoms with Gasteiger partial charge in [-0.2, -0.15) is 15.4 Å². The highest BCUT2D eigenvalue weighted by atomic mass is 32.1. The van der Waals surface area contributed by atoms with Crippen LogP contribution in [0.2, 0.25) is 0 Å². The Morgan fingerprint density at radius 2 is 2.24 bits per heavy atom. The minimum absolute atomic E-state index is 0.0677. The first-order chi connectivity index (χ1) is 8.08. The molecule has 0 radical (unpaired) electrons. The lowest BCUT2D eigenvalue weighted by Gasteiger charge is -1.95. The van der Waals surface area contributed by atoms with Crippen LogP contribution in [-0.4, -0.2) is 32.1 Å². The van der Waals surface area contributed by atoms with Gasteiger partial charge in [0, 0.05) is 6.92 Å². The zero-order valence-corrected chi connectivity index (χ0v) is 9.96. The molecule has 2 N–H and O–H groups in total. The smallest absolute Gasteiger partial charge is 0.279 e. The summed E-state index contributed by atoms with van der Waals surface area (Å²) in [5.74, 6) is -0.482. The maximum Gasteiger partial charge on any atom is 0.279 e. The third-order valence-corrected chi connectivity index (χ3v) is 3.16. The van der Waals surface area contributed by atoms with Gasteiger partial charge in [0.15, 0.2) is 16.6 Å². The number of H-pyrrole nitrogens is 1. The fourth-order valence-electron chi connectivity index (χ4n) is 1.25. The normalized spacial score (nSPS) is 10.2. The molecule has 2 aromatic heterocycles. The van der Waals surface area contributed by atoms with Crippen molar-refractivity contribution >= 4 is 28.2 Å². The minimum Gasteiger partial charge on any atom is -0.296 e. The van der Waals surface area contributed by atoms with E-state index >= 15 is 0 Å². The molecule has 0 aliphatic carbocycles. The van der Waals surface area contributed by atoms with Gasteiger partial charge >= 0.3 is 0 Å². The Bertz CT molecular complexity index is 560. The molecule has 7 nitrogen and oxygen atoms in total. The number of hydrogen-bond donors (Lipinski definition) is 2. The van der Waals surface area contributed by atoms with Crippen LogP contribution < -0.4 is 5.32 Å². The van der Waals surface area contributed by atoms with Crippen LogP contribution in [0.3, 0.4) is 0 Å². The van der Waals surface area contributed by atoms with Crippen molar-refractivity contribution < 1.29 is 9.59 Å². The average molecular weight is 251 g/mol. The number of hydrogen-bond acceptors (Lipinski definition) is 6. The van der Waals surface area contributed by atoms with Gasteiger partial charge in [-0.1, -0.05) is 11.3 Å². The van der Waals surface area contributed by atoms with Crippen LogP contribution in [0.5, 0.6) is 0 Å². The van der Waals surface area contributed by atoms with Gasteiger partial charge in [0.25, 0.3) is 5.91 Å². The predicted molar refractivity (Wildman–Crippen MR) is 61.2 cm³/mol. The number of aromatic amines is 1. The van der Waals surface area contributed by atoms with Crippen LogP contribution in [0.4, 0.5) is 5.13 Å². The summed E-state index contributed by atoms with van der Waals surface area (Å²) in [6, 6.07) is 0. The summed E-state index contributed by atoms with van der Waals surface area (Å²) in [4.78, 5) is 27.5. The first-order valence-corrected chi connectivity index (χ1v) is 5.55. The lowest BCUT2D eigenvalue weighted by Crippen LogP contribution is -2.12. The number of carbonyl (C=O) groups is 2. The van der Waals surface area contributed by atoms with E-state index in [9.17, 15) is 9.59 Å². The highest BCUT2D eigenvalue weighted by Crippen LogP contribution is 2.23. The molecule has 0 spiro atoms. The zero-order valence-electron chi connectivity index (χ0n) is 9.14. The van der Waals surface area contributed by atoms with Crippen LogP contribution in [0, 0.1) is 6.92 Å². The topological polar surface area (TPSA) is 101 Å². The van der Waals surface area contributed by atoms with Gasteiger partial charge in [0.2, 0.25) is 0 Å². The molecule has 0 aromatic carbocycles. The maximum atomic E-state index is 11.6. The summed E-state index contributed by atoms with van der Waals surface area (Å²) in [5, 5.41) is 12.4. The molecule has 1 amide bonds. The minimum atomic E-state index is -0.414. The summed E-state index contributed by atoms with van der Waals surface area (Å²) in [6.45, 7) is 3.18. The summed E-state index contributed by atoms with van der Waals surface area (Å²) < 4.78 is 0. The summed E-state index contributed by atoms with van der Waals surface area (Å²) >= 11 is 1.14. The molecule has 2 heterocycles. The Labute approximate surface area is 100 Å². The second-order valence-corrected chi connectivity index (χ2v) is 4.30. The molecule has 0 unspecified atom stereocenters. The second kappa shape index (κ2) is 4.42. The third kappa shape index (κ3) is 2.36. The second-order valence-electron chi connectivity index (χ2n) is 3.30. The van der Waals surface area contributed by atoms with E-state index in [0.29, 0.717) is 15.7 Å². The molecule has 0 bridgehead atoms. The summed E-state index contributed by atoms with van der Waals surface area (Å²) in [5.41, 5.74) is 0.778. The van der Waals surface area contributed by atoms with Crippen LogP contribution in [-0.2, 0) is 0 Å². The molecular formula is C9H9N5O2S. The van der Waals surface area contributed by atoms with E-state index in [2.05, 4.69) is 25.7 Å². The van der Waals surface area contributed by atoms with Crippen molar-refractivity contribution in [2.45, 2.75) is 13.8 Å². The Hall–Kier alpha value is -2.09. The Kier molecular flexibility index (Phi) is 2.96. The molecule has 8 heteroatoms. The number of anilines is 1. The van der Waals surface area contributed by atoms with Gasteiger partial charge in [-0.3, -0.25) is 14.9 Å². The zero-order chi connectivity index (χ0) is 12.4. The quantitative estimate of drug-likeness (QED) is 0.793. The number of nitrogens with one attached hydrogen (secondary N) is 2. The van der Waals surface area contributed by atoms with E-state index in [1.165, 1.54) is 13.1 Å². The van der Waals surface area contributed by atoms with Crippen molar-refractivity contribution in [3.05, 3.63) is 22.5 Å². The molecular weight excluding hydrogens is 242 g/mol. The molecule has 17 heavy (non-hydrogen) atoms. The summed E-state index contributed by atoms with van der Waals surface area (Å²) in [7, 11) is 0. The predicted octanol–water partition coefficient (Wildman–Crippen LogP) is 1.02. The van der Waals surface area contributed by atoms with Gasteiger partial charge in [-0.05, 0) is 6.92 Å². The number of Topliss-reactive ketones (excluding diaryl/α,β-unsaturated/α-hetero) is 1. The fraction of sp³-hybridized carbons (Fsp3) is 0.222.